The molecule has 8 aromatic rings. The van der Waals surface area contributed by atoms with Crippen molar-refractivity contribution in [1.82, 2.24) is 4.57 Å². The molecule has 7 aromatic carbocycles. The number of para-hydroxylation sites is 2. The van der Waals surface area contributed by atoms with Gasteiger partial charge in [0.1, 0.15) is 0 Å². The van der Waals surface area contributed by atoms with E-state index in [0.29, 0.717) is 17.8 Å². The van der Waals surface area contributed by atoms with Gasteiger partial charge in [0.2, 0.25) is 0 Å². The number of hydrogen-bond acceptors (Lipinski definition) is 1. The molecule has 2 heteroatoms. The van der Waals surface area contributed by atoms with Crippen LogP contribution in [-0.2, 0) is 5.41 Å². The number of nitrogens with zero attached hydrogens (tertiary/aromatic N) is 2. The molecule has 0 saturated carbocycles. The quantitative estimate of drug-likeness (QED) is 0.157. The number of hydrogen-bond donors (Lipinski definition) is 0. The molecule has 54 heavy (non-hydrogen) atoms. The Kier molecular flexibility index (Phi) is 7.70. The van der Waals surface area contributed by atoms with Crippen LogP contribution < -0.4 is 4.90 Å². The van der Waals surface area contributed by atoms with E-state index in [-0.39, 0.29) is 5.41 Å². The topological polar surface area (TPSA) is 8.17 Å². The van der Waals surface area contributed by atoms with E-state index in [4.69, 9.17) is 0 Å². The molecular formula is C52H44N2. The molecule has 10 rings (SSSR count). The molecule has 0 fully saturated rings. The Balaban J connectivity index is 1.02. The molecule has 2 aliphatic carbocycles. The Morgan fingerprint density at radius 2 is 1.11 bits per heavy atom. The first kappa shape index (κ1) is 32.5. The first-order valence-corrected chi connectivity index (χ1v) is 19.4. The molecule has 0 spiro atoms. The fraction of sp³-hybridized carbons (Fsp3) is 0.154. The lowest BCUT2D eigenvalue weighted by Crippen LogP contribution is -2.28. The maximum atomic E-state index is 2.48. The molecular weight excluding hydrogens is 653 g/mol. The van der Waals surface area contributed by atoms with E-state index in [2.05, 4.69) is 212 Å². The van der Waals surface area contributed by atoms with Crippen LogP contribution in [0.25, 0.3) is 49.7 Å². The minimum Gasteiger partial charge on any atom is -0.310 e. The highest BCUT2D eigenvalue weighted by atomic mass is 15.1. The van der Waals surface area contributed by atoms with Gasteiger partial charge in [0.05, 0.1) is 11.0 Å². The van der Waals surface area contributed by atoms with E-state index in [9.17, 15) is 0 Å². The van der Waals surface area contributed by atoms with Gasteiger partial charge >= 0.3 is 0 Å². The molecule has 2 nitrogen and oxygen atoms in total. The third-order valence-corrected chi connectivity index (χ3v) is 12.4. The SMILES string of the molecule is CC1C=CC2c3ccc(N(c4ccccc4)c4ccc(-c5ccc6c(c5)c5ccccc5n6-c5ccc(-c6ccccc6)cc5)cc4)cc3C(C)(C)C2C1. The molecule has 2 aliphatic rings. The second kappa shape index (κ2) is 12.8. The third-order valence-electron chi connectivity index (χ3n) is 12.4. The summed E-state index contributed by atoms with van der Waals surface area (Å²) in [5.74, 6) is 1.78. The van der Waals surface area contributed by atoms with Crippen LogP contribution in [0.1, 0.15) is 44.2 Å². The van der Waals surface area contributed by atoms with Crippen LogP contribution in [0.15, 0.2) is 182 Å². The first-order valence-electron chi connectivity index (χ1n) is 19.4. The van der Waals surface area contributed by atoms with Gasteiger partial charge in [0.25, 0.3) is 0 Å². The standard InChI is InChI=1S/C52H44N2/c1-35-18-29-44-45-30-28-43(34-49(45)52(2,3)48(44)32-35)53(40-14-8-5-9-15-40)41-24-21-38(22-25-41)39-23-31-51-47(33-39)46-16-10-11-17-50(46)54(51)42-26-19-37(20-27-42)36-12-6-4-7-13-36/h4-31,33-35,44,48H,32H2,1-3H3. The van der Waals surface area contributed by atoms with Gasteiger partial charge in [-0.05, 0) is 124 Å². The fourth-order valence-electron chi connectivity index (χ4n) is 9.56. The monoisotopic (exact) mass is 696 g/mol. The second-order valence-corrected chi connectivity index (χ2v) is 15.9. The Morgan fingerprint density at radius 3 is 1.89 bits per heavy atom. The predicted molar refractivity (Wildman–Crippen MR) is 229 cm³/mol. The summed E-state index contributed by atoms with van der Waals surface area (Å²) in [7, 11) is 0. The molecule has 3 atom stereocenters. The average Bonchev–Trinajstić information content (AvgIpc) is 3.66. The van der Waals surface area contributed by atoms with Gasteiger partial charge in [0, 0.05) is 39.4 Å². The van der Waals surface area contributed by atoms with Crippen molar-refractivity contribution in [3.05, 3.63) is 193 Å². The minimum absolute atomic E-state index is 0.120. The highest BCUT2D eigenvalue weighted by molar-refractivity contribution is 6.10. The van der Waals surface area contributed by atoms with Crippen LogP contribution in [-0.4, -0.2) is 4.57 Å². The van der Waals surface area contributed by atoms with Gasteiger partial charge in [0.15, 0.2) is 0 Å². The lowest BCUT2D eigenvalue weighted by atomic mass is 9.69. The Hall–Kier alpha value is -6.12. The van der Waals surface area contributed by atoms with Crippen LogP contribution in [0.3, 0.4) is 0 Å². The second-order valence-electron chi connectivity index (χ2n) is 15.9. The van der Waals surface area contributed by atoms with Crippen LogP contribution in [0.5, 0.6) is 0 Å². The number of aromatic nitrogens is 1. The van der Waals surface area contributed by atoms with Crippen molar-refractivity contribution in [1.29, 1.82) is 0 Å². The summed E-state index contributed by atoms with van der Waals surface area (Å²) < 4.78 is 2.40. The largest absolute Gasteiger partial charge is 0.310 e. The van der Waals surface area contributed by atoms with E-state index in [1.54, 1.807) is 0 Å². The molecule has 0 radical (unpaired) electrons. The number of anilines is 3. The Bertz CT molecular complexity index is 2660. The van der Waals surface area contributed by atoms with Crippen molar-refractivity contribution in [2.24, 2.45) is 11.8 Å². The minimum atomic E-state index is 0.120. The van der Waals surface area contributed by atoms with Crippen LogP contribution in [0, 0.1) is 11.8 Å². The third kappa shape index (κ3) is 5.31. The van der Waals surface area contributed by atoms with Crippen molar-refractivity contribution < 1.29 is 0 Å². The normalized spacial score (nSPS) is 18.5. The summed E-state index contributed by atoms with van der Waals surface area (Å²) in [6.45, 7) is 7.29. The van der Waals surface area contributed by atoms with E-state index < -0.39 is 0 Å². The zero-order valence-electron chi connectivity index (χ0n) is 31.2. The van der Waals surface area contributed by atoms with Crippen LogP contribution in [0.2, 0.25) is 0 Å². The average molecular weight is 697 g/mol. The zero-order chi connectivity index (χ0) is 36.4. The molecule has 0 aliphatic heterocycles. The molecule has 262 valence electrons. The smallest absolute Gasteiger partial charge is 0.0541 e. The summed E-state index contributed by atoms with van der Waals surface area (Å²) >= 11 is 0. The van der Waals surface area contributed by atoms with E-state index >= 15 is 0 Å². The number of benzene rings is 7. The summed E-state index contributed by atoms with van der Waals surface area (Å²) in [5, 5.41) is 2.52. The van der Waals surface area contributed by atoms with Gasteiger partial charge < -0.3 is 9.47 Å². The van der Waals surface area contributed by atoms with Gasteiger partial charge in [-0.2, -0.15) is 0 Å². The molecule has 0 N–H and O–H groups in total. The first-order chi connectivity index (χ1) is 26.4. The predicted octanol–water partition coefficient (Wildman–Crippen LogP) is 14.2. The van der Waals surface area contributed by atoms with Crippen molar-refractivity contribution in [2.45, 2.75) is 38.5 Å². The van der Waals surface area contributed by atoms with Gasteiger partial charge in [-0.25, -0.2) is 0 Å². The summed E-state index contributed by atoms with van der Waals surface area (Å²) in [5.41, 5.74) is 15.1. The Morgan fingerprint density at radius 1 is 0.519 bits per heavy atom. The maximum Gasteiger partial charge on any atom is 0.0541 e. The highest BCUT2D eigenvalue weighted by Gasteiger charge is 2.46. The van der Waals surface area contributed by atoms with Crippen molar-refractivity contribution in [3.63, 3.8) is 0 Å². The molecule has 3 unspecified atom stereocenters. The zero-order valence-corrected chi connectivity index (χ0v) is 31.2. The highest BCUT2D eigenvalue weighted by Crippen LogP contribution is 2.56. The van der Waals surface area contributed by atoms with Crippen LogP contribution >= 0.6 is 0 Å². The van der Waals surface area contributed by atoms with Crippen molar-refractivity contribution in [3.8, 4) is 27.9 Å². The van der Waals surface area contributed by atoms with Gasteiger partial charge in [-0.1, -0.05) is 136 Å². The molecule has 0 amide bonds. The molecule has 0 saturated heterocycles. The molecule has 0 bridgehead atoms. The number of allylic oxidation sites excluding steroid dienone is 2. The fourth-order valence-corrected chi connectivity index (χ4v) is 9.56. The van der Waals surface area contributed by atoms with E-state index in [1.165, 1.54) is 73.0 Å². The van der Waals surface area contributed by atoms with E-state index in [1.807, 2.05) is 0 Å². The van der Waals surface area contributed by atoms with Crippen molar-refractivity contribution in [2.75, 3.05) is 4.90 Å². The van der Waals surface area contributed by atoms with Gasteiger partial charge in [-0.3, -0.25) is 0 Å². The summed E-state index contributed by atoms with van der Waals surface area (Å²) in [6, 6.07) is 62.4. The van der Waals surface area contributed by atoms with Crippen LogP contribution in [0.4, 0.5) is 17.1 Å². The molecule has 1 heterocycles. The lowest BCUT2D eigenvalue weighted by Gasteiger charge is -2.35. The summed E-state index contributed by atoms with van der Waals surface area (Å²) in [6.07, 6.45) is 6.16. The van der Waals surface area contributed by atoms with E-state index in [0.717, 1.165) is 11.4 Å². The maximum absolute atomic E-state index is 2.48. The molecule has 1 aromatic heterocycles. The number of fused-ring (bicyclic) bond motifs is 6. The summed E-state index contributed by atoms with van der Waals surface area (Å²) in [4.78, 5) is 2.42. The number of rotatable bonds is 6. The van der Waals surface area contributed by atoms with Crippen molar-refractivity contribution >= 4 is 38.9 Å². The lowest BCUT2D eigenvalue weighted by molar-refractivity contribution is 0.272. The Labute approximate surface area is 318 Å². The van der Waals surface area contributed by atoms with Gasteiger partial charge in [-0.15, -0.1) is 0 Å².